The van der Waals surface area contributed by atoms with Crippen molar-refractivity contribution in [3.05, 3.63) is 35.4 Å². The van der Waals surface area contributed by atoms with E-state index in [-0.39, 0.29) is 11.7 Å². The Morgan fingerprint density at radius 3 is 2.67 bits per heavy atom. The fourth-order valence-corrected chi connectivity index (χ4v) is 2.52. The third kappa shape index (κ3) is 2.96. The Balaban J connectivity index is 2.10. The van der Waals surface area contributed by atoms with E-state index in [0.717, 1.165) is 25.9 Å². The molecule has 0 saturated carbocycles. The maximum absolute atomic E-state index is 14.5. The standard InChI is InChI=1S/C15H20FNO/c1-11(18)13-4-3-5-14(10-13)15(16)12-6-8-17(2)9-7-12/h3-5,10,12,15H,6-9H2,1-2H3. The summed E-state index contributed by atoms with van der Waals surface area (Å²) in [7, 11) is 2.07. The van der Waals surface area contributed by atoms with Crippen LogP contribution in [0.1, 0.15) is 41.9 Å². The zero-order valence-electron chi connectivity index (χ0n) is 11.0. The number of carbonyl (C=O) groups is 1. The minimum absolute atomic E-state index is 0.00701. The summed E-state index contributed by atoms with van der Waals surface area (Å²) in [6.07, 6.45) is 0.835. The number of likely N-dealkylation sites (tertiary alicyclic amines) is 1. The van der Waals surface area contributed by atoms with Gasteiger partial charge in [-0.15, -0.1) is 0 Å². The van der Waals surface area contributed by atoms with E-state index in [4.69, 9.17) is 0 Å². The van der Waals surface area contributed by atoms with Crippen LogP contribution in [0.5, 0.6) is 0 Å². The molecule has 1 heterocycles. The first-order valence-electron chi connectivity index (χ1n) is 6.51. The van der Waals surface area contributed by atoms with E-state index in [1.165, 1.54) is 6.92 Å². The van der Waals surface area contributed by atoms with Crippen LogP contribution >= 0.6 is 0 Å². The summed E-state index contributed by atoms with van der Waals surface area (Å²) in [4.78, 5) is 13.5. The molecule has 1 aromatic rings. The van der Waals surface area contributed by atoms with E-state index in [0.29, 0.717) is 11.1 Å². The summed E-state index contributed by atoms with van der Waals surface area (Å²) in [5.74, 6) is 0.0795. The highest BCUT2D eigenvalue weighted by molar-refractivity contribution is 5.94. The van der Waals surface area contributed by atoms with Gasteiger partial charge in [0.05, 0.1) is 0 Å². The quantitative estimate of drug-likeness (QED) is 0.766. The molecule has 1 atom stereocenters. The molecule has 1 aliphatic rings. The Morgan fingerprint density at radius 1 is 1.39 bits per heavy atom. The monoisotopic (exact) mass is 249 g/mol. The molecular weight excluding hydrogens is 229 g/mol. The number of halogens is 1. The lowest BCUT2D eigenvalue weighted by Gasteiger charge is -2.31. The summed E-state index contributed by atoms with van der Waals surface area (Å²) in [6, 6.07) is 7.00. The normalized spacial score (nSPS) is 19.7. The van der Waals surface area contributed by atoms with Gasteiger partial charge in [-0.1, -0.05) is 18.2 Å². The highest BCUT2D eigenvalue weighted by atomic mass is 19.1. The van der Waals surface area contributed by atoms with E-state index < -0.39 is 6.17 Å². The highest BCUT2D eigenvalue weighted by Gasteiger charge is 2.26. The zero-order valence-corrected chi connectivity index (χ0v) is 11.0. The van der Waals surface area contributed by atoms with Gasteiger partial charge < -0.3 is 4.90 Å². The molecule has 0 N–H and O–H groups in total. The summed E-state index contributed by atoms with van der Waals surface area (Å²) in [6.45, 7) is 3.43. The molecule has 0 aromatic heterocycles. The smallest absolute Gasteiger partial charge is 0.159 e. The number of piperidine rings is 1. The summed E-state index contributed by atoms with van der Waals surface area (Å²) >= 11 is 0. The maximum Gasteiger partial charge on any atom is 0.159 e. The van der Waals surface area contributed by atoms with Crippen molar-refractivity contribution in [1.82, 2.24) is 4.90 Å². The van der Waals surface area contributed by atoms with Crippen LogP contribution in [0.25, 0.3) is 0 Å². The number of nitrogens with zero attached hydrogens (tertiary/aromatic N) is 1. The zero-order chi connectivity index (χ0) is 13.1. The molecule has 0 aliphatic carbocycles. The van der Waals surface area contributed by atoms with Crippen molar-refractivity contribution in [2.24, 2.45) is 5.92 Å². The lowest BCUT2D eigenvalue weighted by atomic mass is 9.88. The minimum Gasteiger partial charge on any atom is -0.306 e. The molecule has 1 saturated heterocycles. The Hall–Kier alpha value is -1.22. The first-order chi connectivity index (χ1) is 8.58. The van der Waals surface area contributed by atoms with Gasteiger partial charge in [-0.05, 0) is 57.5 Å². The van der Waals surface area contributed by atoms with E-state index >= 15 is 0 Å². The third-order valence-electron chi connectivity index (χ3n) is 3.79. The van der Waals surface area contributed by atoms with Crippen LogP contribution in [0.3, 0.4) is 0 Å². The van der Waals surface area contributed by atoms with Gasteiger partial charge in [-0.3, -0.25) is 4.79 Å². The van der Waals surface area contributed by atoms with Gasteiger partial charge in [0, 0.05) is 5.56 Å². The number of hydrogen-bond acceptors (Lipinski definition) is 2. The molecule has 98 valence electrons. The molecule has 0 spiro atoms. The largest absolute Gasteiger partial charge is 0.306 e. The molecule has 1 aromatic carbocycles. The molecule has 3 heteroatoms. The van der Waals surface area contributed by atoms with Crippen LogP contribution in [0.15, 0.2) is 24.3 Å². The molecule has 0 bridgehead atoms. The van der Waals surface area contributed by atoms with Gasteiger partial charge in [0.2, 0.25) is 0 Å². The highest BCUT2D eigenvalue weighted by Crippen LogP contribution is 2.33. The second-order valence-electron chi connectivity index (χ2n) is 5.22. The van der Waals surface area contributed by atoms with E-state index in [1.807, 2.05) is 0 Å². The van der Waals surface area contributed by atoms with Crippen molar-refractivity contribution in [2.45, 2.75) is 25.9 Å². The molecule has 1 aliphatic heterocycles. The minimum atomic E-state index is -0.946. The fraction of sp³-hybridized carbons (Fsp3) is 0.533. The predicted octanol–water partition coefficient (Wildman–Crippen LogP) is 3.24. The lowest BCUT2D eigenvalue weighted by molar-refractivity contribution is 0.101. The van der Waals surface area contributed by atoms with Gasteiger partial charge >= 0.3 is 0 Å². The first kappa shape index (κ1) is 13.2. The second kappa shape index (κ2) is 5.61. The van der Waals surface area contributed by atoms with Crippen molar-refractivity contribution in [1.29, 1.82) is 0 Å². The van der Waals surface area contributed by atoms with Crippen LogP contribution in [-0.4, -0.2) is 30.8 Å². The molecule has 18 heavy (non-hydrogen) atoms. The number of ketones is 1. The fourth-order valence-electron chi connectivity index (χ4n) is 2.52. The Bertz CT molecular complexity index is 424. The van der Waals surface area contributed by atoms with E-state index in [1.54, 1.807) is 24.3 Å². The number of alkyl halides is 1. The van der Waals surface area contributed by atoms with Gasteiger partial charge in [0.25, 0.3) is 0 Å². The van der Waals surface area contributed by atoms with Crippen molar-refractivity contribution in [2.75, 3.05) is 20.1 Å². The number of benzene rings is 1. The maximum atomic E-state index is 14.5. The van der Waals surface area contributed by atoms with Crippen LogP contribution in [0.4, 0.5) is 4.39 Å². The van der Waals surface area contributed by atoms with Crippen molar-refractivity contribution >= 4 is 5.78 Å². The number of hydrogen-bond donors (Lipinski definition) is 0. The molecule has 2 nitrogen and oxygen atoms in total. The molecule has 1 unspecified atom stereocenters. The van der Waals surface area contributed by atoms with Crippen LogP contribution in [0.2, 0.25) is 0 Å². The van der Waals surface area contributed by atoms with Crippen LogP contribution < -0.4 is 0 Å². The van der Waals surface area contributed by atoms with E-state index in [2.05, 4.69) is 11.9 Å². The van der Waals surface area contributed by atoms with Crippen LogP contribution in [0, 0.1) is 5.92 Å². The topological polar surface area (TPSA) is 20.3 Å². The predicted molar refractivity (Wildman–Crippen MR) is 70.5 cm³/mol. The molecule has 0 radical (unpaired) electrons. The SMILES string of the molecule is CC(=O)c1cccc(C(F)C2CCN(C)CC2)c1. The third-order valence-corrected chi connectivity index (χ3v) is 3.79. The van der Waals surface area contributed by atoms with Crippen molar-refractivity contribution in [3.63, 3.8) is 0 Å². The Morgan fingerprint density at radius 2 is 2.06 bits per heavy atom. The Kier molecular flexibility index (Phi) is 4.12. The molecule has 1 fully saturated rings. The Labute approximate surface area is 108 Å². The van der Waals surface area contributed by atoms with Gasteiger partial charge in [0.1, 0.15) is 6.17 Å². The van der Waals surface area contributed by atoms with Gasteiger partial charge in [-0.25, -0.2) is 4.39 Å². The van der Waals surface area contributed by atoms with Crippen LogP contribution in [-0.2, 0) is 0 Å². The molecule has 2 rings (SSSR count). The van der Waals surface area contributed by atoms with Crippen molar-refractivity contribution < 1.29 is 9.18 Å². The number of Topliss-reactive ketones (excluding diaryl/α,β-unsaturated/α-hetero) is 1. The van der Waals surface area contributed by atoms with Gasteiger partial charge in [-0.2, -0.15) is 0 Å². The lowest BCUT2D eigenvalue weighted by Crippen LogP contribution is -2.31. The number of carbonyl (C=O) groups excluding carboxylic acids is 1. The van der Waals surface area contributed by atoms with E-state index in [9.17, 15) is 9.18 Å². The van der Waals surface area contributed by atoms with Crippen molar-refractivity contribution in [3.8, 4) is 0 Å². The molecule has 0 amide bonds. The second-order valence-corrected chi connectivity index (χ2v) is 5.22. The summed E-state index contributed by atoms with van der Waals surface area (Å²) < 4.78 is 14.5. The number of rotatable bonds is 3. The van der Waals surface area contributed by atoms with Gasteiger partial charge in [0.15, 0.2) is 5.78 Å². The summed E-state index contributed by atoms with van der Waals surface area (Å²) in [5, 5.41) is 0. The molecular formula is C15H20FNO. The average Bonchev–Trinajstić information content (AvgIpc) is 2.39. The first-order valence-corrected chi connectivity index (χ1v) is 6.51. The summed E-state index contributed by atoms with van der Waals surface area (Å²) in [5.41, 5.74) is 1.25. The average molecular weight is 249 g/mol.